The zero-order valence-corrected chi connectivity index (χ0v) is 19.9. The standard InChI is InChI=1S/C31H22N2Si/c1-21-16-17-24-27(20-21)34(22-10-4-2-5-11-22,23-12-6-3-7-13-23)31-26-15-9-19-33-30(26)29-25(28(24)31)14-8-18-32-29/h2-20H,1H3. The fourth-order valence-corrected chi connectivity index (χ4v) is 11.5. The molecule has 2 aromatic heterocycles. The van der Waals surface area contributed by atoms with E-state index in [1.165, 1.54) is 48.2 Å². The molecular formula is C31H22N2Si. The van der Waals surface area contributed by atoms with Crippen molar-refractivity contribution in [2.45, 2.75) is 6.92 Å². The zero-order chi connectivity index (χ0) is 22.7. The van der Waals surface area contributed by atoms with Gasteiger partial charge in [-0.05, 0) is 50.9 Å². The Bertz CT molecular complexity index is 1670. The van der Waals surface area contributed by atoms with Crippen LogP contribution in [0, 0.1) is 6.92 Å². The van der Waals surface area contributed by atoms with Crippen LogP contribution in [-0.4, -0.2) is 18.0 Å². The molecule has 1 aliphatic heterocycles. The quantitative estimate of drug-likeness (QED) is 0.287. The van der Waals surface area contributed by atoms with E-state index in [4.69, 9.17) is 9.97 Å². The molecule has 1 aliphatic rings. The minimum atomic E-state index is -2.61. The van der Waals surface area contributed by atoms with Crippen LogP contribution in [0.2, 0.25) is 0 Å². The molecule has 3 heteroatoms. The number of benzene rings is 4. The van der Waals surface area contributed by atoms with Gasteiger partial charge in [0, 0.05) is 23.2 Å². The second-order valence-electron chi connectivity index (χ2n) is 9.08. The summed E-state index contributed by atoms with van der Waals surface area (Å²) in [6.45, 7) is 2.21. The normalized spacial score (nSPS) is 13.7. The summed E-state index contributed by atoms with van der Waals surface area (Å²) in [6.07, 6.45) is 3.77. The Morgan fingerprint density at radius 2 is 1.18 bits per heavy atom. The molecular weight excluding hydrogens is 428 g/mol. The topological polar surface area (TPSA) is 25.8 Å². The Labute approximate surface area is 199 Å². The summed E-state index contributed by atoms with van der Waals surface area (Å²) in [5.74, 6) is 0. The zero-order valence-electron chi connectivity index (χ0n) is 18.9. The number of aryl methyl sites for hydroxylation is 1. The van der Waals surface area contributed by atoms with Gasteiger partial charge in [0.05, 0.1) is 11.0 Å². The van der Waals surface area contributed by atoms with Gasteiger partial charge < -0.3 is 0 Å². The van der Waals surface area contributed by atoms with Crippen LogP contribution in [0.5, 0.6) is 0 Å². The van der Waals surface area contributed by atoms with Crippen LogP contribution in [0.25, 0.3) is 32.9 Å². The van der Waals surface area contributed by atoms with E-state index in [-0.39, 0.29) is 0 Å². The summed E-state index contributed by atoms with van der Waals surface area (Å²) in [7, 11) is -2.61. The van der Waals surface area contributed by atoms with Gasteiger partial charge in [-0.15, -0.1) is 0 Å². The summed E-state index contributed by atoms with van der Waals surface area (Å²) in [4.78, 5) is 9.70. The molecule has 0 bridgehead atoms. The van der Waals surface area contributed by atoms with Crippen molar-refractivity contribution in [3.63, 3.8) is 0 Å². The lowest BCUT2D eigenvalue weighted by Gasteiger charge is -2.32. The molecule has 2 nitrogen and oxygen atoms in total. The molecule has 7 rings (SSSR count). The maximum absolute atomic E-state index is 4.88. The predicted octanol–water partition coefficient (Wildman–Crippen LogP) is 4.45. The number of pyridine rings is 2. The average Bonchev–Trinajstić information content (AvgIpc) is 3.21. The van der Waals surface area contributed by atoms with Crippen LogP contribution in [0.15, 0.2) is 116 Å². The Hall–Kier alpha value is -4.08. The van der Waals surface area contributed by atoms with Gasteiger partial charge in [0.15, 0.2) is 8.07 Å². The summed E-state index contributed by atoms with van der Waals surface area (Å²) in [6, 6.07) is 37.9. The van der Waals surface area contributed by atoms with Crippen molar-refractivity contribution in [1.29, 1.82) is 0 Å². The van der Waals surface area contributed by atoms with Gasteiger partial charge >= 0.3 is 0 Å². The predicted molar refractivity (Wildman–Crippen MR) is 144 cm³/mol. The molecule has 0 saturated carbocycles. The first-order valence-electron chi connectivity index (χ1n) is 11.7. The van der Waals surface area contributed by atoms with Crippen molar-refractivity contribution in [3.05, 3.63) is 121 Å². The van der Waals surface area contributed by atoms with Gasteiger partial charge in [0.25, 0.3) is 0 Å². The maximum atomic E-state index is 4.88. The van der Waals surface area contributed by atoms with Crippen LogP contribution >= 0.6 is 0 Å². The number of fused-ring (bicyclic) bond motifs is 8. The van der Waals surface area contributed by atoms with Crippen molar-refractivity contribution in [1.82, 2.24) is 9.97 Å². The molecule has 0 spiro atoms. The molecule has 160 valence electrons. The average molecular weight is 451 g/mol. The van der Waals surface area contributed by atoms with E-state index < -0.39 is 8.07 Å². The number of rotatable bonds is 2. The number of aromatic nitrogens is 2. The van der Waals surface area contributed by atoms with E-state index in [9.17, 15) is 0 Å². The van der Waals surface area contributed by atoms with Crippen LogP contribution in [-0.2, 0) is 0 Å². The monoisotopic (exact) mass is 450 g/mol. The van der Waals surface area contributed by atoms with Gasteiger partial charge in [-0.2, -0.15) is 0 Å². The molecule has 0 radical (unpaired) electrons. The van der Waals surface area contributed by atoms with Gasteiger partial charge in [-0.1, -0.05) is 96.6 Å². The first-order chi connectivity index (χ1) is 16.8. The van der Waals surface area contributed by atoms with Crippen molar-refractivity contribution in [3.8, 4) is 11.1 Å². The van der Waals surface area contributed by atoms with E-state index >= 15 is 0 Å². The number of hydrogen-bond donors (Lipinski definition) is 0. The molecule has 3 heterocycles. The highest BCUT2D eigenvalue weighted by Gasteiger charge is 2.50. The molecule has 6 aromatic rings. The summed E-state index contributed by atoms with van der Waals surface area (Å²) in [5.41, 5.74) is 5.93. The highest BCUT2D eigenvalue weighted by molar-refractivity contribution is 7.23. The Kier molecular flexibility index (Phi) is 4.11. The summed E-state index contributed by atoms with van der Waals surface area (Å²) >= 11 is 0. The second-order valence-corrected chi connectivity index (χ2v) is 12.8. The molecule has 0 N–H and O–H groups in total. The molecule has 0 unspecified atom stereocenters. The Balaban J connectivity index is 1.82. The first-order valence-corrected chi connectivity index (χ1v) is 13.7. The van der Waals surface area contributed by atoms with Crippen molar-refractivity contribution < 1.29 is 0 Å². The molecule has 0 amide bonds. The molecule has 0 saturated heterocycles. The minimum absolute atomic E-state index is 0.981. The van der Waals surface area contributed by atoms with Gasteiger partial charge in [0.2, 0.25) is 0 Å². The largest absolute Gasteiger partial charge is 0.254 e. The van der Waals surface area contributed by atoms with Gasteiger partial charge in [-0.3, -0.25) is 9.97 Å². The van der Waals surface area contributed by atoms with Crippen LogP contribution < -0.4 is 20.7 Å². The van der Waals surface area contributed by atoms with Gasteiger partial charge in [0.1, 0.15) is 0 Å². The smallest absolute Gasteiger partial charge is 0.181 e. The fraction of sp³-hybridized carbons (Fsp3) is 0.0323. The lowest BCUT2D eigenvalue weighted by molar-refractivity contribution is 1.38. The third kappa shape index (κ3) is 2.45. The molecule has 0 atom stereocenters. The van der Waals surface area contributed by atoms with Crippen LogP contribution in [0.1, 0.15) is 5.56 Å². The van der Waals surface area contributed by atoms with E-state index in [0.717, 1.165) is 11.0 Å². The van der Waals surface area contributed by atoms with E-state index in [0.29, 0.717) is 0 Å². The third-order valence-electron chi connectivity index (χ3n) is 7.27. The molecule has 0 fully saturated rings. The summed E-state index contributed by atoms with van der Waals surface area (Å²) < 4.78 is 0. The first kappa shape index (κ1) is 19.4. The lowest BCUT2D eigenvalue weighted by atomic mass is 9.97. The Morgan fingerprint density at radius 1 is 0.588 bits per heavy atom. The highest BCUT2D eigenvalue weighted by atomic mass is 28.3. The molecule has 0 aliphatic carbocycles. The van der Waals surface area contributed by atoms with E-state index in [2.05, 4.69) is 110 Å². The van der Waals surface area contributed by atoms with Crippen LogP contribution in [0.3, 0.4) is 0 Å². The SMILES string of the molecule is Cc1ccc2c(c1)[Si](c1ccccc1)(c1ccccc1)c1c-2c2cccnc2c2ncccc12. The second kappa shape index (κ2) is 7.21. The number of nitrogens with zero attached hydrogens (tertiary/aromatic N) is 2. The van der Waals surface area contributed by atoms with Crippen molar-refractivity contribution in [2.24, 2.45) is 0 Å². The fourth-order valence-electron chi connectivity index (χ4n) is 5.99. The maximum Gasteiger partial charge on any atom is 0.181 e. The third-order valence-corrected chi connectivity index (χ3v) is 12.2. The van der Waals surface area contributed by atoms with Crippen LogP contribution in [0.4, 0.5) is 0 Å². The van der Waals surface area contributed by atoms with Crippen molar-refractivity contribution in [2.75, 3.05) is 0 Å². The van der Waals surface area contributed by atoms with Crippen molar-refractivity contribution >= 4 is 50.6 Å². The number of hydrogen-bond acceptors (Lipinski definition) is 2. The highest BCUT2D eigenvalue weighted by Crippen LogP contribution is 2.38. The van der Waals surface area contributed by atoms with E-state index in [1.54, 1.807) is 0 Å². The summed E-state index contributed by atoms with van der Waals surface area (Å²) in [5, 5.41) is 8.11. The van der Waals surface area contributed by atoms with E-state index in [1.807, 2.05) is 12.4 Å². The Morgan fingerprint density at radius 3 is 1.82 bits per heavy atom. The molecule has 4 aromatic carbocycles. The minimum Gasteiger partial charge on any atom is -0.254 e. The molecule has 34 heavy (non-hydrogen) atoms. The van der Waals surface area contributed by atoms with Gasteiger partial charge in [-0.25, -0.2) is 0 Å². The lowest BCUT2D eigenvalue weighted by Crippen LogP contribution is -2.73.